The minimum atomic E-state index is -4.70. The Morgan fingerprint density at radius 1 is 1.14 bits per heavy atom. The van der Waals surface area contributed by atoms with Crippen molar-refractivity contribution in [2.45, 2.75) is 12.8 Å². The van der Waals surface area contributed by atoms with Crippen LogP contribution in [0.5, 0.6) is 0 Å². The van der Waals surface area contributed by atoms with Crippen molar-refractivity contribution < 1.29 is 92.6 Å². The van der Waals surface area contributed by atoms with E-state index in [1.165, 1.54) is 0 Å². The van der Waals surface area contributed by atoms with Crippen LogP contribution in [0.15, 0.2) is 0 Å². The number of hydrogen-bond donors (Lipinski definition) is 4. The monoisotopic (exact) mass is 377 g/mol. The van der Waals surface area contributed by atoms with E-state index in [-0.39, 0.29) is 91.0 Å². The maximum absolute atomic E-state index is 11.2. The summed E-state index contributed by atoms with van der Waals surface area (Å²) in [7, 11) is -9.40. The van der Waals surface area contributed by atoms with Crippen molar-refractivity contribution in [3.63, 3.8) is 0 Å². The molecule has 0 spiro atoms. The molecule has 10 nitrogen and oxygen atoms in total. The van der Waals surface area contributed by atoms with Gasteiger partial charge in [0.25, 0.3) is 0 Å². The van der Waals surface area contributed by atoms with Gasteiger partial charge in [-0.25, -0.2) is 0 Å². The molecule has 22 heavy (non-hydrogen) atoms. The first-order valence-corrected chi connectivity index (χ1v) is 9.31. The number of nitrogens with zero attached hydrogens (tertiary/aromatic N) is 1. The molecule has 0 bridgehead atoms. The van der Waals surface area contributed by atoms with Crippen molar-refractivity contribution in [1.82, 2.24) is 10.2 Å². The molecule has 0 aliphatic heterocycles. The third-order valence-electron chi connectivity index (χ3n) is 2.10. The standard InChI is InChI=1S/C8H21N3O7P2.2Na/c9-3-4-10-8(12)2-1-5-11(6-19(13,14)15)7-20(16,17)18;;/h1-7,9H2,(H,10,12)(H2,13,14,15)(H2,16,17,18);;/q;2*+1/p-2. The fourth-order valence-electron chi connectivity index (χ4n) is 1.45. The van der Waals surface area contributed by atoms with Crippen LogP contribution in [0, 0.1) is 0 Å². The quantitative estimate of drug-likeness (QED) is 0.212. The molecule has 0 fully saturated rings. The van der Waals surface area contributed by atoms with Crippen molar-refractivity contribution >= 4 is 21.1 Å². The summed E-state index contributed by atoms with van der Waals surface area (Å²) in [6.45, 7) is 0.503. The summed E-state index contributed by atoms with van der Waals surface area (Å²) < 4.78 is 21.5. The molecule has 0 aromatic heterocycles. The van der Waals surface area contributed by atoms with Crippen molar-refractivity contribution in [3.8, 4) is 0 Å². The van der Waals surface area contributed by atoms with Crippen LogP contribution in [-0.4, -0.2) is 52.8 Å². The van der Waals surface area contributed by atoms with Crippen LogP contribution in [0.3, 0.4) is 0 Å². The van der Waals surface area contributed by atoms with Gasteiger partial charge in [-0.05, 0) is 13.0 Å². The van der Waals surface area contributed by atoms with Gasteiger partial charge >= 0.3 is 59.1 Å². The van der Waals surface area contributed by atoms with Crippen molar-refractivity contribution in [2.75, 3.05) is 32.2 Å². The summed E-state index contributed by atoms with van der Waals surface area (Å²) in [5.74, 6) is -0.306. The Labute approximate surface area is 173 Å². The number of amides is 1. The molecule has 0 radical (unpaired) electrons. The predicted molar refractivity (Wildman–Crippen MR) is 67.4 cm³/mol. The molecular formula is C8H19N3Na2O7P2. The molecule has 5 N–H and O–H groups in total. The summed E-state index contributed by atoms with van der Waals surface area (Å²) in [5, 5.41) is 2.49. The topological polar surface area (TPSA) is 179 Å². The summed E-state index contributed by atoms with van der Waals surface area (Å²) in [6.07, 6.45) is -1.62. The second-order valence-corrected chi connectivity index (χ2v) is 7.31. The van der Waals surface area contributed by atoms with Gasteiger partial charge in [-0.1, -0.05) is 0 Å². The number of carbonyl (C=O) groups excluding carboxylic acids is 1. The maximum atomic E-state index is 11.2. The van der Waals surface area contributed by atoms with Gasteiger partial charge in [-0.15, -0.1) is 0 Å². The van der Waals surface area contributed by atoms with Crippen molar-refractivity contribution in [3.05, 3.63) is 0 Å². The van der Waals surface area contributed by atoms with E-state index < -0.39 is 27.8 Å². The van der Waals surface area contributed by atoms with E-state index in [2.05, 4.69) is 5.32 Å². The molecule has 14 heteroatoms. The van der Waals surface area contributed by atoms with Gasteiger partial charge in [0, 0.05) is 19.5 Å². The van der Waals surface area contributed by atoms with E-state index in [1.54, 1.807) is 0 Å². The first kappa shape index (κ1) is 28.5. The zero-order valence-electron chi connectivity index (χ0n) is 12.8. The molecule has 0 saturated carbocycles. The number of rotatable bonds is 10. The van der Waals surface area contributed by atoms with Crippen molar-refractivity contribution in [1.29, 1.82) is 0 Å². The fraction of sp³-hybridized carbons (Fsp3) is 0.875. The zero-order valence-corrected chi connectivity index (χ0v) is 18.6. The van der Waals surface area contributed by atoms with Gasteiger partial charge in [0.15, 0.2) is 0 Å². The number of carbonyl (C=O) groups is 1. The molecule has 120 valence electrons. The Balaban J connectivity index is -0.00000180. The van der Waals surface area contributed by atoms with Crippen LogP contribution >= 0.6 is 15.2 Å². The van der Waals surface area contributed by atoms with Crippen LogP contribution in [0.2, 0.25) is 0 Å². The molecule has 1 amide bonds. The first-order valence-electron chi connectivity index (χ1n) is 5.78. The summed E-state index contributed by atoms with van der Waals surface area (Å²) in [4.78, 5) is 51.0. The molecule has 0 heterocycles. The largest absolute Gasteiger partial charge is 1.00 e. The summed E-state index contributed by atoms with van der Waals surface area (Å²) in [6, 6.07) is 0. The Kier molecular flexibility index (Phi) is 18.0. The maximum Gasteiger partial charge on any atom is 1.00 e. The Morgan fingerprint density at radius 2 is 1.59 bits per heavy atom. The molecule has 2 unspecified atom stereocenters. The predicted octanol–water partition coefficient (Wildman–Crippen LogP) is -8.84. The van der Waals surface area contributed by atoms with E-state index in [9.17, 15) is 23.7 Å². The van der Waals surface area contributed by atoms with Crippen LogP contribution in [0.1, 0.15) is 12.8 Å². The van der Waals surface area contributed by atoms with Crippen LogP contribution in [0.4, 0.5) is 0 Å². The van der Waals surface area contributed by atoms with E-state index in [0.717, 1.165) is 4.90 Å². The van der Waals surface area contributed by atoms with E-state index in [0.29, 0.717) is 6.54 Å². The van der Waals surface area contributed by atoms with Gasteiger partial charge in [0.1, 0.15) is 15.2 Å². The molecule has 0 aliphatic carbocycles. The molecular weight excluding hydrogens is 358 g/mol. The molecule has 2 atom stereocenters. The number of nitrogens with two attached hydrogens (primary N) is 1. The molecule has 0 aromatic carbocycles. The van der Waals surface area contributed by atoms with E-state index in [4.69, 9.17) is 15.5 Å². The molecule has 0 aliphatic rings. The SMILES string of the molecule is NCCNC(=O)CCCN(CP(=O)([O-])O)CP(=O)([O-])O.[Na+].[Na+]. The molecule has 0 rings (SSSR count). The minimum absolute atomic E-state index is 0. The minimum Gasteiger partial charge on any atom is -0.778 e. The second kappa shape index (κ2) is 13.9. The fourth-order valence-corrected chi connectivity index (χ4v) is 3.11. The van der Waals surface area contributed by atoms with E-state index in [1.807, 2.05) is 0 Å². The number of hydrogen-bond acceptors (Lipinski definition) is 7. The first-order chi connectivity index (χ1) is 9.03. The summed E-state index contributed by atoms with van der Waals surface area (Å²) >= 11 is 0. The molecule has 0 saturated heterocycles. The molecule has 0 aromatic rings. The van der Waals surface area contributed by atoms with Crippen LogP contribution in [0.25, 0.3) is 0 Å². The third-order valence-corrected chi connectivity index (χ3v) is 3.62. The van der Waals surface area contributed by atoms with E-state index >= 15 is 0 Å². The average molecular weight is 377 g/mol. The Morgan fingerprint density at radius 3 is 1.95 bits per heavy atom. The second-order valence-electron chi connectivity index (χ2n) is 4.19. The average Bonchev–Trinajstić information content (AvgIpc) is 2.21. The van der Waals surface area contributed by atoms with Crippen molar-refractivity contribution in [2.24, 2.45) is 5.73 Å². The van der Waals surface area contributed by atoms with Gasteiger partial charge in [0.05, 0.1) is 12.6 Å². The van der Waals surface area contributed by atoms with Crippen LogP contribution < -0.4 is 80.0 Å². The van der Waals surface area contributed by atoms with Gasteiger partial charge in [0.2, 0.25) is 5.91 Å². The van der Waals surface area contributed by atoms with Gasteiger partial charge in [-0.2, -0.15) is 0 Å². The Bertz CT molecular complexity index is 379. The van der Waals surface area contributed by atoms with Gasteiger partial charge < -0.3 is 39.8 Å². The zero-order chi connectivity index (χ0) is 15.8. The smallest absolute Gasteiger partial charge is 0.778 e. The third kappa shape index (κ3) is 19.7. The van der Waals surface area contributed by atoms with Gasteiger partial charge in [-0.3, -0.25) is 9.69 Å². The summed E-state index contributed by atoms with van der Waals surface area (Å²) in [5.41, 5.74) is 5.18. The number of nitrogens with one attached hydrogen (secondary N) is 1. The normalized spacial score (nSPS) is 15.9. The van der Waals surface area contributed by atoms with Crippen LogP contribution in [-0.2, 0) is 13.9 Å². The Hall–Kier alpha value is 1.69.